The van der Waals surface area contributed by atoms with Crippen molar-refractivity contribution in [2.75, 3.05) is 32.2 Å². The number of anilines is 1. The van der Waals surface area contributed by atoms with Crippen molar-refractivity contribution in [1.82, 2.24) is 9.97 Å². The number of ether oxygens (including phenoxy) is 3. The summed E-state index contributed by atoms with van der Waals surface area (Å²) in [5.74, 6) is 2.05. The Balaban J connectivity index is 2.15. The maximum atomic E-state index is 6.13. The first-order chi connectivity index (χ1) is 11.0. The van der Waals surface area contributed by atoms with Gasteiger partial charge in [0, 0.05) is 24.5 Å². The van der Waals surface area contributed by atoms with Crippen molar-refractivity contribution in [2.45, 2.75) is 26.1 Å². The highest BCUT2D eigenvalue weighted by atomic mass is 35.5. The fraction of sp³-hybridized carbons (Fsp3) is 0.500. The number of methoxy groups -OCH3 is 2. The van der Waals surface area contributed by atoms with Crippen molar-refractivity contribution in [1.29, 1.82) is 0 Å². The van der Waals surface area contributed by atoms with Gasteiger partial charge in [0.15, 0.2) is 11.5 Å². The summed E-state index contributed by atoms with van der Waals surface area (Å²) < 4.78 is 16.5. The highest BCUT2D eigenvalue weighted by molar-refractivity contribution is 6.28. The molecule has 2 aromatic rings. The van der Waals surface area contributed by atoms with Crippen LogP contribution < -0.4 is 14.4 Å². The molecule has 124 valence electrons. The standard InChI is InChI=1S/C16H20ClN3O3/c1-9-7-20(8-10(2)23-9)15-11-5-13(21-3)14(22-4)6-12(11)18-16(17)19-15/h5-6,9-10H,7-8H2,1-4H3. The number of aromatic nitrogens is 2. The van der Waals surface area contributed by atoms with Crippen LogP contribution in [0.4, 0.5) is 5.82 Å². The van der Waals surface area contributed by atoms with Crippen molar-refractivity contribution in [2.24, 2.45) is 0 Å². The first kappa shape index (κ1) is 16.1. The third-order valence-corrected chi connectivity index (χ3v) is 4.04. The highest BCUT2D eigenvalue weighted by Gasteiger charge is 2.25. The molecule has 1 aromatic carbocycles. The van der Waals surface area contributed by atoms with E-state index in [9.17, 15) is 0 Å². The van der Waals surface area contributed by atoms with E-state index < -0.39 is 0 Å². The van der Waals surface area contributed by atoms with Gasteiger partial charge in [-0.15, -0.1) is 0 Å². The van der Waals surface area contributed by atoms with Gasteiger partial charge in [-0.1, -0.05) is 0 Å². The van der Waals surface area contributed by atoms with Crippen molar-refractivity contribution in [3.8, 4) is 11.5 Å². The number of rotatable bonds is 3. The van der Waals surface area contributed by atoms with Crippen LogP contribution in [0.3, 0.4) is 0 Å². The highest BCUT2D eigenvalue weighted by Crippen LogP contribution is 2.36. The Hall–Kier alpha value is -1.79. The zero-order valence-electron chi connectivity index (χ0n) is 13.7. The van der Waals surface area contributed by atoms with E-state index in [-0.39, 0.29) is 17.5 Å². The lowest BCUT2D eigenvalue weighted by Gasteiger charge is -2.36. The summed E-state index contributed by atoms with van der Waals surface area (Å²) in [6.45, 7) is 5.61. The van der Waals surface area contributed by atoms with Gasteiger partial charge in [0.25, 0.3) is 0 Å². The van der Waals surface area contributed by atoms with Gasteiger partial charge in [0.1, 0.15) is 5.82 Å². The van der Waals surface area contributed by atoms with Crippen molar-refractivity contribution in [3.05, 3.63) is 17.4 Å². The fourth-order valence-electron chi connectivity index (χ4n) is 3.00. The monoisotopic (exact) mass is 337 g/mol. The SMILES string of the molecule is COc1cc2nc(Cl)nc(N3CC(C)OC(C)C3)c2cc1OC. The van der Waals surface area contributed by atoms with E-state index >= 15 is 0 Å². The molecule has 1 saturated heterocycles. The molecule has 2 atom stereocenters. The average Bonchev–Trinajstić information content (AvgIpc) is 2.51. The molecular formula is C16H20ClN3O3. The van der Waals surface area contributed by atoms with Gasteiger partial charge in [0.2, 0.25) is 5.28 Å². The quantitative estimate of drug-likeness (QED) is 0.803. The van der Waals surface area contributed by atoms with Gasteiger partial charge in [-0.2, -0.15) is 4.98 Å². The van der Waals surface area contributed by atoms with Crippen LogP contribution in [0.15, 0.2) is 12.1 Å². The molecule has 0 N–H and O–H groups in total. The minimum atomic E-state index is 0.127. The predicted molar refractivity (Wildman–Crippen MR) is 89.9 cm³/mol. The topological polar surface area (TPSA) is 56.7 Å². The molecule has 1 aliphatic rings. The zero-order chi connectivity index (χ0) is 16.6. The Kier molecular flexibility index (Phi) is 4.46. The molecule has 1 aliphatic heterocycles. The molecular weight excluding hydrogens is 318 g/mol. The number of nitrogens with zero attached hydrogens (tertiary/aromatic N) is 3. The minimum Gasteiger partial charge on any atom is -0.493 e. The van der Waals surface area contributed by atoms with Gasteiger partial charge in [-0.25, -0.2) is 4.98 Å². The van der Waals surface area contributed by atoms with Gasteiger partial charge < -0.3 is 19.1 Å². The summed E-state index contributed by atoms with van der Waals surface area (Å²) in [4.78, 5) is 10.9. The van der Waals surface area contributed by atoms with Crippen LogP contribution in [-0.4, -0.2) is 49.5 Å². The summed E-state index contributed by atoms with van der Waals surface area (Å²) in [6.07, 6.45) is 0.255. The Morgan fingerprint density at radius 2 is 1.70 bits per heavy atom. The van der Waals surface area contributed by atoms with Crippen molar-refractivity contribution >= 4 is 28.3 Å². The Labute approximate surface area is 140 Å². The molecule has 1 aromatic heterocycles. The third-order valence-electron chi connectivity index (χ3n) is 3.87. The van der Waals surface area contributed by atoms with Gasteiger partial charge >= 0.3 is 0 Å². The molecule has 0 bridgehead atoms. The third kappa shape index (κ3) is 3.14. The maximum Gasteiger partial charge on any atom is 0.224 e. The first-order valence-corrected chi connectivity index (χ1v) is 7.89. The number of hydrogen-bond donors (Lipinski definition) is 0. The molecule has 1 fully saturated rings. The lowest BCUT2D eigenvalue weighted by atomic mass is 10.1. The lowest BCUT2D eigenvalue weighted by molar-refractivity contribution is -0.00537. The molecule has 2 unspecified atom stereocenters. The number of halogens is 1. The lowest BCUT2D eigenvalue weighted by Crippen LogP contribution is -2.46. The number of morpholine rings is 1. The van der Waals surface area contributed by atoms with E-state index in [0.717, 1.165) is 29.8 Å². The molecule has 0 saturated carbocycles. The van der Waals surface area contributed by atoms with Crippen LogP contribution in [-0.2, 0) is 4.74 Å². The van der Waals surface area contributed by atoms with Crippen LogP contribution >= 0.6 is 11.6 Å². The molecule has 0 radical (unpaired) electrons. The average molecular weight is 338 g/mol. The first-order valence-electron chi connectivity index (χ1n) is 7.51. The van der Waals surface area contributed by atoms with Crippen LogP contribution in [0.2, 0.25) is 5.28 Å². The smallest absolute Gasteiger partial charge is 0.224 e. The summed E-state index contributed by atoms with van der Waals surface area (Å²) >= 11 is 6.13. The van der Waals surface area contributed by atoms with Crippen molar-refractivity contribution in [3.63, 3.8) is 0 Å². The Morgan fingerprint density at radius 1 is 1.09 bits per heavy atom. The summed E-state index contributed by atoms with van der Waals surface area (Å²) in [7, 11) is 3.21. The second-order valence-corrected chi connectivity index (χ2v) is 6.04. The minimum absolute atomic E-state index is 0.127. The predicted octanol–water partition coefficient (Wildman–Crippen LogP) is 2.91. The van der Waals surface area contributed by atoms with Crippen LogP contribution in [0, 0.1) is 0 Å². The molecule has 2 heterocycles. The largest absolute Gasteiger partial charge is 0.493 e. The maximum absolute atomic E-state index is 6.13. The second-order valence-electron chi connectivity index (χ2n) is 5.70. The van der Waals surface area contributed by atoms with E-state index in [0.29, 0.717) is 11.5 Å². The second kappa shape index (κ2) is 6.37. The Bertz CT molecular complexity index is 715. The summed E-state index contributed by atoms with van der Waals surface area (Å²) in [6, 6.07) is 3.71. The van der Waals surface area contributed by atoms with E-state index in [4.69, 9.17) is 25.8 Å². The van der Waals surface area contributed by atoms with E-state index in [1.165, 1.54) is 0 Å². The van der Waals surface area contributed by atoms with Gasteiger partial charge in [-0.05, 0) is 31.5 Å². The van der Waals surface area contributed by atoms with E-state index in [1.54, 1.807) is 14.2 Å². The fourth-order valence-corrected chi connectivity index (χ4v) is 3.17. The normalized spacial score (nSPS) is 21.5. The van der Waals surface area contributed by atoms with Crippen molar-refractivity contribution < 1.29 is 14.2 Å². The van der Waals surface area contributed by atoms with Crippen LogP contribution in [0.1, 0.15) is 13.8 Å². The zero-order valence-corrected chi connectivity index (χ0v) is 14.4. The summed E-state index contributed by atoms with van der Waals surface area (Å²) in [5.41, 5.74) is 0.726. The number of fused-ring (bicyclic) bond motifs is 1. The number of benzene rings is 1. The molecule has 6 nitrogen and oxygen atoms in total. The van der Waals surface area contributed by atoms with Crippen LogP contribution in [0.25, 0.3) is 10.9 Å². The summed E-state index contributed by atoms with van der Waals surface area (Å²) in [5, 5.41) is 1.10. The molecule has 0 amide bonds. The van der Waals surface area contributed by atoms with Gasteiger partial charge in [-0.3, -0.25) is 0 Å². The number of hydrogen-bond acceptors (Lipinski definition) is 6. The Morgan fingerprint density at radius 3 is 2.30 bits per heavy atom. The molecule has 3 rings (SSSR count). The molecule has 0 aliphatic carbocycles. The van der Waals surface area contributed by atoms with Gasteiger partial charge in [0.05, 0.1) is 31.9 Å². The molecule has 23 heavy (non-hydrogen) atoms. The van der Waals surface area contributed by atoms with E-state index in [1.807, 2.05) is 12.1 Å². The van der Waals surface area contributed by atoms with Crippen LogP contribution in [0.5, 0.6) is 11.5 Å². The molecule has 7 heteroatoms. The van der Waals surface area contributed by atoms with E-state index in [2.05, 4.69) is 28.7 Å². The molecule has 0 spiro atoms.